The van der Waals surface area contributed by atoms with Gasteiger partial charge in [0.2, 0.25) is 0 Å². The highest BCUT2D eigenvalue weighted by molar-refractivity contribution is 14.1. The van der Waals surface area contributed by atoms with E-state index in [4.69, 9.17) is 18.9 Å². The zero-order valence-corrected chi connectivity index (χ0v) is 35.9. The fourth-order valence-corrected chi connectivity index (χ4v) is 9.50. The Morgan fingerprint density at radius 1 is 0.434 bits per heavy atom. The van der Waals surface area contributed by atoms with Crippen LogP contribution in [0.4, 0.5) is 0 Å². The Morgan fingerprint density at radius 3 is 1.13 bits per heavy atom. The summed E-state index contributed by atoms with van der Waals surface area (Å²) in [5, 5.41) is 10.1. The Kier molecular flexibility index (Phi) is 11.3. The summed E-state index contributed by atoms with van der Waals surface area (Å²) < 4.78 is 25.7. The second-order valence-electron chi connectivity index (χ2n) is 12.6. The lowest BCUT2D eigenvalue weighted by atomic mass is 9.90. The van der Waals surface area contributed by atoms with E-state index in [0.29, 0.717) is 0 Å². The molecule has 0 aliphatic carbocycles. The molecule has 0 saturated heterocycles. The van der Waals surface area contributed by atoms with Crippen molar-refractivity contribution >= 4 is 104 Å². The Balaban J connectivity index is 0.000000164. The fraction of sp³-hybridized carbons (Fsp3) is 0.130. The van der Waals surface area contributed by atoms with Crippen LogP contribution in [0.2, 0.25) is 0 Å². The summed E-state index contributed by atoms with van der Waals surface area (Å²) in [7, 11) is 6.95. The van der Waals surface area contributed by atoms with Crippen molar-refractivity contribution in [2.24, 2.45) is 0 Å². The predicted octanol–water partition coefficient (Wildman–Crippen LogP) is 13.8. The lowest BCUT2D eigenvalue weighted by Gasteiger charge is -2.20. The zero-order valence-electron chi connectivity index (χ0n) is 30.0. The molecule has 53 heavy (non-hydrogen) atoms. The number of halogens is 3. The van der Waals surface area contributed by atoms with Crippen molar-refractivity contribution in [1.29, 1.82) is 0 Å². The van der Waals surface area contributed by atoms with E-state index in [2.05, 4.69) is 189 Å². The highest BCUT2D eigenvalue weighted by Crippen LogP contribution is 2.50. The number of benzene rings is 8. The van der Waals surface area contributed by atoms with Gasteiger partial charge in [-0.2, -0.15) is 0 Å². The van der Waals surface area contributed by atoms with Gasteiger partial charge < -0.3 is 18.9 Å². The largest absolute Gasteiger partial charge is 0.496 e. The minimum Gasteiger partial charge on any atom is -0.496 e. The van der Waals surface area contributed by atoms with Gasteiger partial charge in [0.1, 0.15) is 23.0 Å². The lowest BCUT2D eigenvalue weighted by Crippen LogP contribution is -1.99. The molecule has 0 aromatic heterocycles. The van der Waals surface area contributed by atoms with Crippen molar-refractivity contribution in [2.75, 3.05) is 28.4 Å². The Morgan fingerprint density at radius 2 is 0.755 bits per heavy atom. The van der Waals surface area contributed by atoms with Crippen molar-refractivity contribution in [1.82, 2.24) is 0 Å². The van der Waals surface area contributed by atoms with Gasteiger partial charge in [0.15, 0.2) is 0 Å². The summed E-state index contributed by atoms with van der Waals surface area (Å²) in [6.07, 6.45) is 0. The van der Waals surface area contributed by atoms with Gasteiger partial charge >= 0.3 is 0 Å². The predicted molar refractivity (Wildman–Crippen MR) is 243 cm³/mol. The maximum atomic E-state index is 5.93. The molecule has 0 fully saturated rings. The molecule has 0 atom stereocenters. The minimum atomic E-state index is 0.720. The third-order valence-corrected chi connectivity index (χ3v) is 11.8. The van der Waals surface area contributed by atoms with Crippen LogP contribution in [0.1, 0.15) is 11.1 Å². The van der Waals surface area contributed by atoms with E-state index in [1.807, 2.05) is 0 Å². The topological polar surface area (TPSA) is 36.9 Å². The molecule has 0 unspecified atom stereocenters. The molecule has 0 radical (unpaired) electrons. The smallest absolute Gasteiger partial charge is 0.140 e. The Labute approximate surface area is 345 Å². The number of hydrogen-bond acceptors (Lipinski definition) is 4. The summed E-state index contributed by atoms with van der Waals surface area (Å²) >= 11 is 8.33. The molecule has 0 spiro atoms. The summed E-state index contributed by atoms with van der Waals surface area (Å²) in [5.41, 5.74) is 6.58. The van der Waals surface area contributed by atoms with Crippen molar-refractivity contribution in [3.05, 3.63) is 140 Å². The summed E-state index contributed by atoms with van der Waals surface area (Å²) in [4.78, 5) is 0. The second-order valence-corrected chi connectivity index (χ2v) is 15.5. The maximum Gasteiger partial charge on any atom is 0.140 e. The van der Waals surface area contributed by atoms with Crippen molar-refractivity contribution in [3.63, 3.8) is 0 Å². The number of hydrogen-bond donors (Lipinski definition) is 0. The van der Waals surface area contributed by atoms with E-state index < -0.39 is 0 Å². The molecule has 0 N–H and O–H groups in total. The first-order chi connectivity index (χ1) is 25.8. The third-order valence-electron chi connectivity index (χ3n) is 9.64. The number of alkyl halides is 1. The van der Waals surface area contributed by atoms with E-state index >= 15 is 0 Å². The van der Waals surface area contributed by atoms with Gasteiger partial charge in [0.05, 0.1) is 35.6 Å². The van der Waals surface area contributed by atoms with Crippen molar-refractivity contribution < 1.29 is 18.9 Å². The van der Waals surface area contributed by atoms with Gasteiger partial charge in [-0.05, 0) is 125 Å². The SMILES string of the molecule is COc1c(C)cc2ccccc2c1-c1c(OC)c(I)cc2ccccc12.COc1c(I)cc2ccccc2c1-c1c(OC)c(CBr)cc2ccccc12. The molecular weight excluding hydrogens is 950 g/mol. The summed E-state index contributed by atoms with van der Waals surface area (Å²) in [6, 6.07) is 42.5. The van der Waals surface area contributed by atoms with Crippen LogP contribution in [0.15, 0.2) is 121 Å². The molecule has 0 amide bonds. The van der Waals surface area contributed by atoms with Gasteiger partial charge in [0, 0.05) is 33.1 Å². The summed E-state index contributed by atoms with van der Waals surface area (Å²) in [6.45, 7) is 2.09. The lowest BCUT2D eigenvalue weighted by molar-refractivity contribution is 0.408. The molecule has 0 aliphatic rings. The van der Waals surface area contributed by atoms with Crippen LogP contribution in [0, 0.1) is 14.1 Å². The molecule has 0 bridgehead atoms. The average Bonchev–Trinajstić information content (AvgIpc) is 3.18. The molecular formula is C46H37BrI2O4. The highest BCUT2D eigenvalue weighted by Gasteiger charge is 2.24. The van der Waals surface area contributed by atoms with Crippen LogP contribution >= 0.6 is 61.1 Å². The summed E-state index contributed by atoms with van der Waals surface area (Å²) in [5.74, 6) is 3.55. The van der Waals surface area contributed by atoms with Crippen LogP contribution in [-0.4, -0.2) is 28.4 Å². The Hall–Kier alpha value is -4.06. The van der Waals surface area contributed by atoms with Crippen molar-refractivity contribution in [3.8, 4) is 45.3 Å². The van der Waals surface area contributed by atoms with E-state index in [0.717, 1.165) is 79.6 Å². The van der Waals surface area contributed by atoms with Gasteiger partial charge in [-0.3, -0.25) is 0 Å². The highest BCUT2D eigenvalue weighted by atomic mass is 127. The van der Waals surface area contributed by atoms with E-state index in [-0.39, 0.29) is 0 Å². The number of ether oxygens (including phenoxy) is 4. The second kappa shape index (κ2) is 16.1. The number of methoxy groups -OCH3 is 4. The molecule has 0 saturated carbocycles. The minimum absolute atomic E-state index is 0.720. The first-order valence-corrected chi connectivity index (χ1v) is 20.3. The quantitative estimate of drug-likeness (QED) is 0.118. The standard InChI is InChI=1S/C23H18BrIO2.C23H19IO2/c1-26-22-16(13-24)11-14-7-3-5-9-17(14)20(22)21-18-10-6-4-8-15(18)12-19(25)23(21)27-2;1-14-12-15-8-4-6-10-17(15)20(22(14)25-2)21-18-11-7-5-9-16(18)13-19(24)23(21)26-3/h3-12H,13H2,1-2H3;4-13H,1-3H3. The molecule has 8 rings (SSSR count). The van der Waals surface area contributed by atoms with Crippen LogP contribution in [0.25, 0.3) is 65.3 Å². The molecule has 266 valence electrons. The first kappa shape index (κ1) is 37.3. The van der Waals surface area contributed by atoms with Gasteiger partial charge in [-0.1, -0.05) is 113 Å². The monoisotopic (exact) mass is 986 g/mol. The molecule has 7 heteroatoms. The number of rotatable bonds is 7. The fourth-order valence-electron chi connectivity index (χ4n) is 7.43. The van der Waals surface area contributed by atoms with Gasteiger partial charge in [0.25, 0.3) is 0 Å². The van der Waals surface area contributed by atoms with Crippen LogP contribution in [0.5, 0.6) is 23.0 Å². The first-order valence-electron chi connectivity index (χ1n) is 17.1. The molecule has 4 nitrogen and oxygen atoms in total. The molecule has 0 heterocycles. The van der Waals surface area contributed by atoms with Crippen LogP contribution in [-0.2, 0) is 5.33 Å². The maximum absolute atomic E-state index is 5.93. The van der Waals surface area contributed by atoms with E-state index in [1.54, 1.807) is 28.4 Å². The Bertz CT molecular complexity index is 2560. The third kappa shape index (κ3) is 6.80. The number of fused-ring (bicyclic) bond motifs is 4. The van der Waals surface area contributed by atoms with E-state index in [9.17, 15) is 0 Å². The zero-order chi connectivity index (χ0) is 37.2. The van der Waals surface area contributed by atoms with E-state index in [1.165, 1.54) is 32.3 Å². The van der Waals surface area contributed by atoms with Crippen molar-refractivity contribution in [2.45, 2.75) is 12.3 Å². The molecule has 8 aromatic rings. The molecule has 8 aromatic carbocycles. The van der Waals surface area contributed by atoms with Crippen LogP contribution in [0.3, 0.4) is 0 Å². The van der Waals surface area contributed by atoms with Gasteiger partial charge in [-0.25, -0.2) is 0 Å². The van der Waals surface area contributed by atoms with Gasteiger partial charge in [-0.15, -0.1) is 0 Å². The normalized spacial score (nSPS) is 11.1. The molecule has 0 aliphatic heterocycles. The van der Waals surface area contributed by atoms with Crippen LogP contribution < -0.4 is 18.9 Å². The number of aryl methyl sites for hydroxylation is 1. The average molecular weight is 988 g/mol.